The topological polar surface area (TPSA) is 138 Å². The van der Waals surface area contributed by atoms with Crippen molar-refractivity contribution >= 4 is 190 Å². The third-order valence-corrected chi connectivity index (χ3v) is 0. The molecule has 0 atom stereocenters. The van der Waals surface area contributed by atoms with E-state index < -0.39 is 42.9 Å². The summed E-state index contributed by atoms with van der Waals surface area (Å²) in [7, 11) is 0. The molecule has 0 bridgehead atoms. The summed E-state index contributed by atoms with van der Waals surface area (Å²) < 4.78 is 51.6. The zero-order chi connectivity index (χ0) is 7.15. The Kier molecular flexibility index (Phi) is 69.0. The van der Waals surface area contributed by atoms with Crippen molar-refractivity contribution in [3.05, 3.63) is 0 Å². The van der Waals surface area contributed by atoms with Crippen molar-refractivity contribution in [1.82, 2.24) is 0 Å². The molecule has 6 nitrogen and oxygen atoms in total. The van der Waals surface area contributed by atoms with Crippen LogP contribution in [-0.2, 0) is 0 Å². The van der Waals surface area contributed by atoms with Gasteiger partial charge in [-0.2, -0.15) is 0 Å². The van der Waals surface area contributed by atoms with Gasteiger partial charge in [-0.25, -0.2) is 0 Å². The van der Waals surface area contributed by atoms with Gasteiger partial charge in [0.15, 0.2) is 0 Å². The zero-order valence-electron chi connectivity index (χ0n) is 5.47. The molecular formula is Ba3O6Sb2. The molecule has 0 amide bonds. The first kappa shape index (κ1) is 30.3. The molecule has 0 aromatic carbocycles. The summed E-state index contributed by atoms with van der Waals surface area (Å²) in [6.45, 7) is 0. The van der Waals surface area contributed by atoms with Crippen LogP contribution < -0.4 is 20.3 Å². The van der Waals surface area contributed by atoms with Crippen LogP contribution in [0, 0.1) is 0 Å². The Morgan fingerprint density at radius 1 is 0.455 bits per heavy atom. The molecule has 0 heterocycles. The zero-order valence-corrected chi connectivity index (χ0v) is 23.9. The van der Waals surface area contributed by atoms with E-state index in [1.54, 1.807) is 0 Å². The summed E-state index contributed by atoms with van der Waals surface area (Å²) in [4.78, 5) is 0. The third kappa shape index (κ3) is 85.9. The molecule has 0 aliphatic rings. The molecule has 0 aliphatic heterocycles. The Morgan fingerprint density at radius 3 is 0.455 bits per heavy atom. The van der Waals surface area contributed by atoms with Crippen LogP contribution in [0.1, 0.15) is 0 Å². The van der Waals surface area contributed by atoms with E-state index in [2.05, 4.69) is 0 Å². The summed E-state index contributed by atoms with van der Waals surface area (Å²) in [6, 6.07) is 0. The summed E-state index contributed by atoms with van der Waals surface area (Å²) in [5.74, 6) is 0. The molecule has 0 radical (unpaired) electrons. The Labute approximate surface area is 203 Å². The van der Waals surface area contributed by atoms with Crippen molar-refractivity contribution in [3.63, 3.8) is 0 Å². The molecule has 0 aromatic rings. The van der Waals surface area contributed by atoms with E-state index in [1.807, 2.05) is 0 Å². The van der Waals surface area contributed by atoms with Crippen LogP contribution in [-0.4, -0.2) is 190 Å². The van der Waals surface area contributed by atoms with Crippen LogP contribution in [0.3, 0.4) is 0 Å². The number of hydrogen-bond donors (Lipinski definition) is 0. The van der Waals surface area contributed by atoms with Gasteiger partial charge in [0, 0.05) is 0 Å². The molecule has 11 heteroatoms. The molecule has 0 saturated carbocycles. The van der Waals surface area contributed by atoms with Gasteiger partial charge in [-0.1, -0.05) is 0 Å². The van der Waals surface area contributed by atoms with Gasteiger partial charge in [0.2, 0.25) is 0 Å². The quantitative estimate of drug-likeness (QED) is 0.226. The van der Waals surface area contributed by atoms with Crippen molar-refractivity contribution in [3.8, 4) is 0 Å². The summed E-state index contributed by atoms with van der Waals surface area (Å²) in [6.07, 6.45) is 0. The fourth-order valence-corrected chi connectivity index (χ4v) is 0. The third-order valence-electron chi connectivity index (χ3n) is 0. The minimum absolute atomic E-state index is 0. The monoisotopic (exact) mass is 751 g/mol. The number of hydrogen-bond acceptors (Lipinski definition) is 6. The summed E-state index contributed by atoms with van der Waals surface area (Å²) >= 11 is -8.40. The van der Waals surface area contributed by atoms with Crippen LogP contribution in [0.25, 0.3) is 0 Å². The van der Waals surface area contributed by atoms with Gasteiger partial charge >= 0.3 is 210 Å². The molecule has 0 saturated heterocycles. The first-order valence-electron chi connectivity index (χ1n) is 1.10. The molecular weight excluding hydrogens is 751 g/mol. The van der Waals surface area contributed by atoms with Crippen LogP contribution in [0.5, 0.6) is 0 Å². The van der Waals surface area contributed by atoms with Crippen molar-refractivity contribution in [1.29, 1.82) is 0 Å². The normalized spacial score (nSPS) is 6.55. The first-order valence-corrected chi connectivity index (χ1v) is 7.35. The molecule has 11 heavy (non-hydrogen) atoms. The van der Waals surface area contributed by atoms with Crippen LogP contribution in [0.15, 0.2) is 0 Å². The second-order valence-electron chi connectivity index (χ2n) is 0.447. The van der Waals surface area contributed by atoms with Crippen LogP contribution in [0.2, 0.25) is 0 Å². The molecule has 0 rings (SSSR count). The standard InChI is InChI=1S/3Ba.6O.2Sb/q3*+2;6*-1;;. The van der Waals surface area contributed by atoms with Crippen molar-refractivity contribution in [2.45, 2.75) is 0 Å². The van der Waals surface area contributed by atoms with E-state index in [0.717, 1.165) is 0 Å². The second-order valence-corrected chi connectivity index (χ2v) is 3.00. The average molecular weight is 751 g/mol. The molecule has 0 aromatic heterocycles. The summed E-state index contributed by atoms with van der Waals surface area (Å²) in [5, 5.41) is 0. The fraction of sp³-hybridized carbons (Fsp3) is 0. The van der Waals surface area contributed by atoms with E-state index in [0.29, 0.717) is 0 Å². The predicted molar refractivity (Wildman–Crippen MR) is 28.8 cm³/mol. The fourth-order valence-electron chi connectivity index (χ4n) is 0. The predicted octanol–water partition coefficient (Wildman–Crippen LogP) is -9.04. The number of rotatable bonds is 0. The Balaban J connectivity index is -0.0000000171. The van der Waals surface area contributed by atoms with Crippen molar-refractivity contribution in [2.75, 3.05) is 0 Å². The van der Waals surface area contributed by atoms with Crippen LogP contribution >= 0.6 is 0 Å². The average Bonchev–Trinajstić information content (AvgIpc) is 1.25. The molecule has 0 spiro atoms. The van der Waals surface area contributed by atoms with E-state index in [1.165, 1.54) is 0 Å². The molecule has 0 N–H and O–H groups in total. The van der Waals surface area contributed by atoms with Crippen molar-refractivity contribution < 1.29 is 20.3 Å². The molecule has 0 unspecified atom stereocenters. The molecule has 0 fully saturated rings. The SMILES string of the molecule is [Ba+2].[Ba+2].[Ba+2].[O-][Sb]([O-])[O-].[O-][Sb]([O-])[O-]. The van der Waals surface area contributed by atoms with Gasteiger partial charge < -0.3 is 0 Å². The van der Waals surface area contributed by atoms with Gasteiger partial charge in [0.1, 0.15) is 0 Å². The maximum atomic E-state index is 8.60. The maximum absolute atomic E-state index is 8.60. The van der Waals surface area contributed by atoms with E-state index in [9.17, 15) is 0 Å². The van der Waals surface area contributed by atoms with Gasteiger partial charge in [0.05, 0.1) is 0 Å². The van der Waals surface area contributed by atoms with Gasteiger partial charge in [-0.15, -0.1) is 0 Å². The molecule has 0 aliphatic carbocycles. The van der Waals surface area contributed by atoms with Crippen molar-refractivity contribution in [2.24, 2.45) is 0 Å². The Morgan fingerprint density at radius 2 is 0.455 bits per heavy atom. The van der Waals surface area contributed by atoms with Gasteiger partial charge in [-0.3, -0.25) is 0 Å². The molecule has 52 valence electrons. The Hall–Kier alpha value is 6.11. The van der Waals surface area contributed by atoms with E-state index in [-0.39, 0.29) is 147 Å². The van der Waals surface area contributed by atoms with E-state index >= 15 is 0 Å². The van der Waals surface area contributed by atoms with E-state index in [4.69, 9.17) is 20.3 Å². The first-order chi connectivity index (χ1) is 3.46. The summed E-state index contributed by atoms with van der Waals surface area (Å²) in [5.41, 5.74) is 0. The van der Waals surface area contributed by atoms with Gasteiger partial charge in [0.25, 0.3) is 0 Å². The second kappa shape index (κ2) is 25.1. The minimum atomic E-state index is -4.20. The van der Waals surface area contributed by atoms with Gasteiger partial charge in [-0.05, 0) is 0 Å². The Bertz CT molecular complexity index is 31.3. The van der Waals surface area contributed by atoms with Crippen LogP contribution in [0.4, 0.5) is 0 Å².